The van der Waals surface area contributed by atoms with E-state index in [1.807, 2.05) is 22.8 Å². The molecule has 4 nitrogen and oxygen atoms in total. The maximum Gasteiger partial charge on any atom is 0.154 e. The highest BCUT2D eigenvalue weighted by Gasteiger charge is 2.14. The van der Waals surface area contributed by atoms with Gasteiger partial charge in [0.15, 0.2) is 5.65 Å². The van der Waals surface area contributed by atoms with Crippen molar-refractivity contribution in [2.45, 2.75) is 19.3 Å². The molecule has 3 aromatic rings. The van der Waals surface area contributed by atoms with Gasteiger partial charge in [-0.2, -0.15) is 5.10 Å². The fraction of sp³-hybridized carbons (Fsp3) is 0.300. The second kappa shape index (κ2) is 6.57. The molecule has 0 atom stereocenters. The molecule has 0 amide bonds. The van der Waals surface area contributed by atoms with Crippen LogP contribution in [0.4, 0.5) is 0 Å². The molecule has 0 radical (unpaired) electrons. The topological polar surface area (TPSA) is 42.2 Å². The SMILES string of the molecule is C=Cc1ccc2ncc(-c3cccc(CC4CCNCC4)c3)n2n1. The minimum atomic E-state index is 0.786. The van der Waals surface area contributed by atoms with Gasteiger partial charge >= 0.3 is 0 Å². The van der Waals surface area contributed by atoms with Gasteiger partial charge in [0.1, 0.15) is 0 Å². The number of fused-ring (bicyclic) bond motifs is 1. The first-order valence-electron chi connectivity index (χ1n) is 8.61. The van der Waals surface area contributed by atoms with Crippen molar-refractivity contribution >= 4 is 11.7 Å². The van der Waals surface area contributed by atoms with Gasteiger partial charge in [0.25, 0.3) is 0 Å². The molecule has 122 valence electrons. The third-order valence-electron chi connectivity index (χ3n) is 4.80. The molecule has 1 aromatic carbocycles. The Bertz CT molecular complexity index is 859. The van der Waals surface area contributed by atoms with E-state index < -0.39 is 0 Å². The zero-order chi connectivity index (χ0) is 16.4. The number of imidazole rings is 1. The van der Waals surface area contributed by atoms with Crippen molar-refractivity contribution < 1.29 is 0 Å². The molecular formula is C20H22N4. The lowest BCUT2D eigenvalue weighted by molar-refractivity contribution is 0.373. The fourth-order valence-electron chi connectivity index (χ4n) is 3.47. The lowest BCUT2D eigenvalue weighted by Gasteiger charge is -2.22. The van der Waals surface area contributed by atoms with Gasteiger partial charge in [-0.05, 0) is 68.1 Å². The molecule has 0 saturated carbocycles. The second-order valence-corrected chi connectivity index (χ2v) is 6.47. The van der Waals surface area contributed by atoms with Crippen LogP contribution >= 0.6 is 0 Å². The van der Waals surface area contributed by atoms with Gasteiger partial charge in [0.2, 0.25) is 0 Å². The van der Waals surface area contributed by atoms with Gasteiger partial charge in [-0.25, -0.2) is 9.50 Å². The zero-order valence-corrected chi connectivity index (χ0v) is 13.8. The number of rotatable bonds is 4. The van der Waals surface area contributed by atoms with Crippen LogP contribution in [0.3, 0.4) is 0 Å². The first kappa shape index (κ1) is 15.1. The van der Waals surface area contributed by atoms with Crippen LogP contribution in [0.2, 0.25) is 0 Å². The number of piperidine rings is 1. The number of hydrogen-bond donors (Lipinski definition) is 1. The summed E-state index contributed by atoms with van der Waals surface area (Å²) in [4.78, 5) is 4.47. The van der Waals surface area contributed by atoms with E-state index in [-0.39, 0.29) is 0 Å². The maximum atomic E-state index is 4.60. The van der Waals surface area contributed by atoms with Crippen LogP contribution in [0.25, 0.3) is 23.0 Å². The number of benzene rings is 1. The Kier molecular flexibility index (Phi) is 4.13. The van der Waals surface area contributed by atoms with Crippen molar-refractivity contribution in [3.05, 3.63) is 60.4 Å². The molecule has 1 N–H and O–H groups in total. The van der Waals surface area contributed by atoms with Crippen molar-refractivity contribution in [2.75, 3.05) is 13.1 Å². The molecule has 1 saturated heterocycles. The van der Waals surface area contributed by atoms with E-state index in [4.69, 9.17) is 0 Å². The zero-order valence-electron chi connectivity index (χ0n) is 13.8. The molecule has 2 aromatic heterocycles. The lowest BCUT2D eigenvalue weighted by Crippen LogP contribution is -2.28. The van der Waals surface area contributed by atoms with Gasteiger partial charge in [0, 0.05) is 5.56 Å². The van der Waals surface area contributed by atoms with E-state index in [9.17, 15) is 0 Å². The third kappa shape index (κ3) is 2.97. The highest BCUT2D eigenvalue weighted by Crippen LogP contribution is 2.24. The lowest BCUT2D eigenvalue weighted by atomic mass is 9.90. The quantitative estimate of drug-likeness (QED) is 0.799. The van der Waals surface area contributed by atoms with E-state index in [0.29, 0.717) is 0 Å². The largest absolute Gasteiger partial charge is 0.317 e. The number of nitrogens with one attached hydrogen (secondary N) is 1. The Morgan fingerprint density at radius 1 is 1.21 bits per heavy atom. The molecule has 0 spiro atoms. The van der Waals surface area contributed by atoms with Crippen LogP contribution in [0.5, 0.6) is 0 Å². The summed E-state index contributed by atoms with van der Waals surface area (Å²) >= 11 is 0. The Labute approximate surface area is 142 Å². The van der Waals surface area contributed by atoms with Crippen LogP contribution in [-0.2, 0) is 6.42 Å². The van der Waals surface area contributed by atoms with Gasteiger partial charge in [0.05, 0.1) is 17.6 Å². The average molecular weight is 318 g/mol. The summed E-state index contributed by atoms with van der Waals surface area (Å²) in [5, 5.41) is 8.04. The summed E-state index contributed by atoms with van der Waals surface area (Å²) in [6.07, 6.45) is 7.35. The van der Waals surface area contributed by atoms with E-state index in [0.717, 1.165) is 42.5 Å². The molecule has 3 heterocycles. The molecule has 0 unspecified atom stereocenters. The summed E-state index contributed by atoms with van der Waals surface area (Å²) in [6, 6.07) is 12.7. The molecule has 24 heavy (non-hydrogen) atoms. The van der Waals surface area contributed by atoms with Gasteiger partial charge in [-0.1, -0.05) is 24.8 Å². The first-order chi connectivity index (χ1) is 11.8. The van der Waals surface area contributed by atoms with Gasteiger partial charge in [-0.3, -0.25) is 0 Å². The summed E-state index contributed by atoms with van der Waals surface area (Å²) in [7, 11) is 0. The Morgan fingerprint density at radius 2 is 2.08 bits per heavy atom. The predicted octanol–water partition coefficient (Wildman–Crippen LogP) is 3.58. The minimum absolute atomic E-state index is 0.786. The number of aromatic nitrogens is 3. The van der Waals surface area contributed by atoms with Crippen molar-refractivity contribution in [3.63, 3.8) is 0 Å². The normalized spacial score (nSPS) is 15.7. The highest BCUT2D eigenvalue weighted by molar-refractivity contribution is 5.64. The van der Waals surface area contributed by atoms with Crippen molar-refractivity contribution in [1.29, 1.82) is 0 Å². The molecule has 1 aliphatic heterocycles. The predicted molar refractivity (Wildman–Crippen MR) is 97.8 cm³/mol. The Hall–Kier alpha value is -2.46. The van der Waals surface area contributed by atoms with Crippen molar-refractivity contribution in [1.82, 2.24) is 19.9 Å². The molecule has 1 aliphatic rings. The Morgan fingerprint density at radius 3 is 2.92 bits per heavy atom. The van der Waals surface area contributed by atoms with E-state index in [2.05, 4.69) is 46.2 Å². The smallest absolute Gasteiger partial charge is 0.154 e. The number of nitrogens with zero attached hydrogens (tertiary/aromatic N) is 3. The van der Waals surface area contributed by atoms with E-state index >= 15 is 0 Å². The van der Waals surface area contributed by atoms with Gasteiger partial charge in [-0.15, -0.1) is 0 Å². The fourth-order valence-corrected chi connectivity index (χ4v) is 3.47. The van der Waals surface area contributed by atoms with E-state index in [1.165, 1.54) is 24.0 Å². The van der Waals surface area contributed by atoms with Gasteiger partial charge < -0.3 is 5.32 Å². The third-order valence-corrected chi connectivity index (χ3v) is 4.80. The molecule has 4 heteroatoms. The van der Waals surface area contributed by atoms with Crippen LogP contribution < -0.4 is 5.32 Å². The average Bonchev–Trinajstić information content (AvgIpc) is 3.06. The first-order valence-corrected chi connectivity index (χ1v) is 8.61. The molecule has 1 fully saturated rings. The highest BCUT2D eigenvalue weighted by atomic mass is 15.3. The van der Waals surface area contributed by atoms with Crippen LogP contribution in [0.15, 0.2) is 49.2 Å². The monoisotopic (exact) mass is 318 g/mol. The van der Waals surface area contributed by atoms with Crippen LogP contribution in [0, 0.1) is 5.92 Å². The maximum absolute atomic E-state index is 4.60. The van der Waals surface area contributed by atoms with E-state index in [1.54, 1.807) is 6.08 Å². The second-order valence-electron chi connectivity index (χ2n) is 6.47. The molecule has 0 bridgehead atoms. The number of hydrogen-bond acceptors (Lipinski definition) is 3. The summed E-state index contributed by atoms with van der Waals surface area (Å²) in [5.74, 6) is 0.786. The summed E-state index contributed by atoms with van der Waals surface area (Å²) < 4.78 is 1.90. The van der Waals surface area contributed by atoms with Crippen molar-refractivity contribution in [2.24, 2.45) is 5.92 Å². The standard InChI is InChI=1S/C20H22N4/c1-2-18-6-7-20-22-14-19(24(20)23-18)17-5-3-4-16(13-17)12-15-8-10-21-11-9-15/h2-7,13-15,21H,1,8-12H2. The van der Waals surface area contributed by atoms with Crippen LogP contribution in [-0.4, -0.2) is 27.7 Å². The Balaban J connectivity index is 1.66. The summed E-state index contributed by atoms with van der Waals surface area (Å²) in [5.41, 5.74) is 5.31. The van der Waals surface area contributed by atoms with Crippen molar-refractivity contribution in [3.8, 4) is 11.3 Å². The minimum Gasteiger partial charge on any atom is -0.317 e. The molecule has 4 rings (SSSR count). The molecular weight excluding hydrogens is 296 g/mol. The molecule has 0 aliphatic carbocycles. The summed E-state index contributed by atoms with van der Waals surface area (Å²) in [6.45, 7) is 6.09. The van der Waals surface area contributed by atoms with Crippen LogP contribution in [0.1, 0.15) is 24.1 Å².